The van der Waals surface area contributed by atoms with E-state index in [9.17, 15) is 10.5 Å². The molecule has 4 nitrogen and oxygen atoms in total. The fraction of sp³-hybridized carbons (Fsp3) is 0.276. The summed E-state index contributed by atoms with van der Waals surface area (Å²) in [5, 5.41) is 26.8. The molecule has 2 heterocycles. The number of hydrogen-bond acceptors (Lipinski definition) is 4. The summed E-state index contributed by atoms with van der Waals surface area (Å²) in [7, 11) is 0. The van der Waals surface area contributed by atoms with Crippen LogP contribution in [0.3, 0.4) is 0 Å². The zero-order valence-corrected chi connectivity index (χ0v) is 36.1. The Morgan fingerprint density at radius 3 is 1.11 bits per heavy atom. The highest BCUT2D eigenvalue weighted by molar-refractivity contribution is 6.24. The first-order chi connectivity index (χ1) is 30.1. The van der Waals surface area contributed by atoms with Crippen LogP contribution in [0.4, 0.5) is 22.7 Å². The highest BCUT2D eigenvalue weighted by Crippen LogP contribution is 2.63. The summed E-state index contributed by atoms with van der Waals surface area (Å²) in [4.78, 5) is 5.17. The smallest absolute Gasteiger partial charge is 0.0991 e. The van der Waals surface area contributed by atoms with Crippen LogP contribution in [0.5, 0.6) is 0 Å². The molecule has 2 fully saturated rings. The second-order valence-electron chi connectivity index (χ2n) is 19.8. The number of fused-ring (bicyclic) bond motifs is 6. The molecule has 4 unspecified atom stereocenters. The summed E-state index contributed by atoms with van der Waals surface area (Å²) < 4.78 is 0. The van der Waals surface area contributed by atoms with Crippen molar-refractivity contribution >= 4 is 55.1 Å². The van der Waals surface area contributed by atoms with Gasteiger partial charge in [-0.2, -0.15) is 10.5 Å². The van der Waals surface area contributed by atoms with Crippen molar-refractivity contribution in [2.24, 2.45) is 0 Å². The van der Waals surface area contributed by atoms with Gasteiger partial charge in [-0.1, -0.05) is 75.9 Å². The van der Waals surface area contributed by atoms with Gasteiger partial charge in [0.15, 0.2) is 0 Å². The molecule has 4 atom stereocenters. The van der Waals surface area contributed by atoms with Crippen molar-refractivity contribution < 1.29 is 0 Å². The molecule has 4 heteroatoms. The average molecular weight is 803 g/mol. The lowest BCUT2D eigenvalue weighted by Crippen LogP contribution is -2.54. The topological polar surface area (TPSA) is 54.1 Å². The molecule has 302 valence electrons. The van der Waals surface area contributed by atoms with E-state index in [4.69, 9.17) is 0 Å². The monoisotopic (exact) mass is 802 g/mol. The van der Waals surface area contributed by atoms with E-state index in [1.807, 2.05) is 24.3 Å². The van der Waals surface area contributed by atoms with E-state index >= 15 is 0 Å². The zero-order chi connectivity index (χ0) is 42.2. The van der Waals surface area contributed by atoms with Crippen LogP contribution in [-0.4, -0.2) is 11.1 Å². The van der Waals surface area contributed by atoms with Gasteiger partial charge < -0.3 is 9.80 Å². The molecule has 0 amide bonds. The first-order valence-electron chi connectivity index (χ1n) is 22.7. The third-order valence-electron chi connectivity index (χ3n) is 16.9. The number of rotatable bonds is 4. The predicted molar refractivity (Wildman–Crippen MR) is 256 cm³/mol. The molecule has 2 saturated carbocycles. The Morgan fingerprint density at radius 1 is 0.403 bits per heavy atom. The first-order valence-corrected chi connectivity index (χ1v) is 22.7. The molecule has 4 aliphatic rings. The Hall–Kier alpha value is -6.62. The summed E-state index contributed by atoms with van der Waals surface area (Å²) in [6, 6.07) is 54.3. The molecule has 2 aliphatic carbocycles. The molecule has 12 rings (SSSR count). The van der Waals surface area contributed by atoms with Crippen LogP contribution in [0.15, 0.2) is 133 Å². The number of hydrogen-bond donors (Lipinski definition) is 0. The van der Waals surface area contributed by atoms with E-state index in [2.05, 4.69) is 159 Å². The van der Waals surface area contributed by atoms with Gasteiger partial charge in [-0.25, -0.2) is 0 Å². The molecule has 62 heavy (non-hydrogen) atoms. The van der Waals surface area contributed by atoms with Crippen LogP contribution in [0.2, 0.25) is 0 Å². The summed E-state index contributed by atoms with van der Waals surface area (Å²) in [6.07, 6.45) is 9.53. The Labute approximate surface area is 365 Å². The highest BCUT2D eigenvalue weighted by Gasteiger charge is 2.59. The Bertz CT molecular complexity index is 2960. The van der Waals surface area contributed by atoms with E-state index in [1.165, 1.54) is 114 Å². The zero-order valence-electron chi connectivity index (χ0n) is 36.1. The van der Waals surface area contributed by atoms with Gasteiger partial charge in [0, 0.05) is 33.6 Å². The van der Waals surface area contributed by atoms with Crippen molar-refractivity contribution in [3.8, 4) is 34.4 Å². The van der Waals surface area contributed by atoms with E-state index in [0.29, 0.717) is 11.1 Å². The number of nitriles is 2. The lowest BCUT2D eigenvalue weighted by Gasteiger charge is -2.50. The van der Waals surface area contributed by atoms with Gasteiger partial charge >= 0.3 is 0 Å². The molecule has 2 aliphatic heterocycles. The summed E-state index contributed by atoms with van der Waals surface area (Å²) in [5.41, 5.74) is 14.2. The van der Waals surface area contributed by atoms with Gasteiger partial charge in [0.25, 0.3) is 0 Å². The normalized spacial score (nSPS) is 25.1. The van der Waals surface area contributed by atoms with Crippen LogP contribution in [-0.2, 0) is 10.8 Å². The van der Waals surface area contributed by atoms with Crippen molar-refractivity contribution in [1.82, 2.24) is 0 Å². The minimum atomic E-state index is -0.0482. The van der Waals surface area contributed by atoms with Crippen molar-refractivity contribution in [2.45, 2.75) is 101 Å². The molecular formula is C58H50N4. The summed E-state index contributed by atoms with van der Waals surface area (Å²) in [5.74, 6) is 0. The highest BCUT2D eigenvalue weighted by atomic mass is 15.3. The third kappa shape index (κ3) is 4.87. The fourth-order valence-corrected chi connectivity index (χ4v) is 13.2. The van der Waals surface area contributed by atoms with E-state index in [-0.39, 0.29) is 21.9 Å². The molecule has 0 N–H and O–H groups in total. The third-order valence-corrected chi connectivity index (χ3v) is 16.9. The van der Waals surface area contributed by atoms with E-state index < -0.39 is 0 Å². The second-order valence-corrected chi connectivity index (χ2v) is 19.8. The molecule has 0 radical (unpaired) electrons. The molecule has 0 saturated heterocycles. The molecule has 0 bridgehead atoms. The lowest BCUT2D eigenvalue weighted by atomic mass is 9.61. The van der Waals surface area contributed by atoms with Crippen LogP contribution < -0.4 is 9.80 Å². The van der Waals surface area contributed by atoms with Gasteiger partial charge in [-0.15, -0.1) is 0 Å². The molecule has 0 spiro atoms. The maximum Gasteiger partial charge on any atom is 0.0991 e. The minimum Gasteiger partial charge on any atom is -0.334 e. The number of nitrogens with zero attached hydrogens (tertiary/aromatic N) is 4. The van der Waals surface area contributed by atoms with Crippen LogP contribution in [0.1, 0.15) is 101 Å². The van der Waals surface area contributed by atoms with Gasteiger partial charge in [-0.05, 0) is 202 Å². The molecule has 8 aromatic carbocycles. The molecule has 0 aromatic heterocycles. The lowest BCUT2D eigenvalue weighted by molar-refractivity contribution is 0.195. The van der Waals surface area contributed by atoms with Crippen LogP contribution in [0, 0.1) is 22.7 Å². The predicted octanol–water partition coefficient (Wildman–Crippen LogP) is 15.1. The SMILES string of the molecule is CC12CCCCC1(C)N(c1ccc(C#N)cc1)c1ccc(-c3cc4ccc5cc(-c6ccc7c(c6)C6(C)CCCCC6(C)N7c6ccc(C#N)cc6)cc6ccc(c3)c4c56)cc12. The standard InChI is InChI=1S/C58H50N4/c1-55-25-5-7-27-57(55,3)61(47-19-9-37(35-59)10-20-47)51-23-17-39(33-49(51)55)45-29-41-13-15-43-31-46(32-44-16-14-42(30-45)53(41)54(43)44)40-18-24-52-50(34-40)56(2)26-6-8-28-58(56,4)62(52)48-21-11-38(36-60)12-22-48/h9-24,29-34H,5-8,25-28H2,1-4H3. The van der Waals surface area contributed by atoms with Crippen molar-refractivity contribution in [3.05, 3.63) is 156 Å². The Balaban J connectivity index is 0.935. The van der Waals surface area contributed by atoms with Gasteiger partial charge in [0.2, 0.25) is 0 Å². The quantitative estimate of drug-likeness (QED) is 0.166. The van der Waals surface area contributed by atoms with Crippen LogP contribution in [0.25, 0.3) is 54.6 Å². The average Bonchev–Trinajstić information content (AvgIpc) is 3.64. The molecular weight excluding hydrogens is 753 g/mol. The van der Waals surface area contributed by atoms with Gasteiger partial charge in [0.05, 0.1) is 34.3 Å². The largest absolute Gasteiger partial charge is 0.334 e. The first kappa shape index (κ1) is 37.2. The number of benzene rings is 8. The Morgan fingerprint density at radius 2 is 0.758 bits per heavy atom. The maximum atomic E-state index is 9.52. The molecule has 8 aromatic rings. The van der Waals surface area contributed by atoms with Gasteiger partial charge in [0.1, 0.15) is 0 Å². The summed E-state index contributed by atoms with van der Waals surface area (Å²) >= 11 is 0. The van der Waals surface area contributed by atoms with E-state index in [0.717, 1.165) is 25.7 Å². The minimum absolute atomic E-state index is 0.00925. The number of anilines is 4. The van der Waals surface area contributed by atoms with Crippen molar-refractivity contribution in [2.75, 3.05) is 9.80 Å². The Kier molecular flexibility index (Phi) is 7.76. The summed E-state index contributed by atoms with van der Waals surface area (Å²) in [6.45, 7) is 9.92. The van der Waals surface area contributed by atoms with Crippen molar-refractivity contribution in [1.29, 1.82) is 10.5 Å². The maximum absolute atomic E-state index is 9.52. The fourth-order valence-electron chi connectivity index (χ4n) is 13.2. The van der Waals surface area contributed by atoms with Crippen molar-refractivity contribution in [3.63, 3.8) is 0 Å². The van der Waals surface area contributed by atoms with E-state index in [1.54, 1.807) is 0 Å². The van der Waals surface area contributed by atoms with Gasteiger partial charge in [-0.3, -0.25) is 0 Å². The van der Waals surface area contributed by atoms with Crippen LogP contribution >= 0.6 is 0 Å². The second kappa shape index (κ2) is 13.0.